The van der Waals surface area contributed by atoms with Gasteiger partial charge < -0.3 is 5.32 Å². The summed E-state index contributed by atoms with van der Waals surface area (Å²) in [7, 11) is -3.66. The summed E-state index contributed by atoms with van der Waals surface area (Å²) in [6, 6.07) is 6.09. The van der Waals surface area contributed by atoms with Crippen molar-refractivity contribution in [2.24, 2.45) is 5.14 Å². The molecule has 0 bridgehead atoms. The molecule has 1 aliphatic carbocycles. The summed E-state index contributed by atoms with van der Waals surface area (Å²) < 4.78 is 22.2. The molecule has 0 aromatic heterocycles. The van der Waals surface area contributed by atoms with E-state index in [1.807, 2.05) is 0 Å². The van der Waals surface area contributed by atoms with Crippen molar-refractivity contribution in [2.45, 2.75) is 30.6 Å². The summed E-state index contributed by atoms with van der Waals surface area (Å²) in [5.41, 5.74) is 1.51. The van der Waals surface area contributed by atoms with Crippen molar-refractivity contribution in [3.63, 3.8) is 0 Å². The SMILES string of the molecule is NS(=O)(=O)c1ccc(N/C=C2\CCCCC2=O)cc1. The Balaban J connectivity index is 2.08. The lowest BCUT2D eigenvalue weighted by Gasteiger charge is -2.12. The summed E-state index contributed by atoms with van der Waals surface area (Å²) in [5, 5.41) is 8.02. The van der Waals surface area contributed by atoms with Crippen LogP contribution in [0, 0.1) is 0 Å². The molecule has 0 atom stereocenters. The maximum Gasteiger partial charge on any atom is 0.238 e. The smallest absolute Gasteiger partial charge is 0.238 e. The number of carbonyl (C=O) groups is 1. The van der Waals surface area contributed by atoms with Crippen molar-refractivity contribution in [3.8, 4) is 0 Å². The van der Waals surface area contributed by atoms with E-state index >= 15 is 0 Å². The number of anilines is 1. The molecule has 2 rings (SSSR count). The second-order valence-electron chi connectivity index (χ2n) is 4.51. The molecule has 6 heteroatoms. The fraction of sp³-hybridized carbons (Fsp3) is 0.308. The van der Waals surface area contributed by atoms with Gasteiger partial charge in [-0.2, -0.15) is 0 Å². The number of allylic oxidation sites excluding steroid dienone is 1. The van der Waals surface area contributed by atoms with E-state index < -0.39 is 10.0 Å². The van der Waals surface area contributed by atoms with Gasteiger partial charge in [0.2, 0.25) is 10.0 Å². The van der Waals surface area contributed by atoms with Gasteiger partial charge in [0, 0.05) is 23.9 Å². The number of ketones is 1. The van der Waals surface area contributed by atoms with Crippen LogP contribution in [0.1, 0.15) is 25.7 Å². The highest BCUT2D eigenvalue weighted by Crippen LogP contribution is 2.20. The number of hydrogen-bond donors (Lipinski definition) is 2. The predicted octanol–water partition coefficient (Wildman–Crippen LogP) is 1.77. The first-order valence-electron chi connectivity index (χ1n) is 6.08. The molecule has 0 spiro atoms. The minimum Gasteiger partial charge on any atom is -0.361 e. The van der Waals surface area contributed by atoms with Crippen LogP contribution in [0.3, 0.4) is 0 Å². The van der Waals surface area contributed by atoms with Gasteiger partial charge in [-0.15, -0.1) is 0 Å². The molecule has 0 saturated heterocycles. The zero-order chi connectivity index (χ0) is 13.9. The van der Waals surface area contributed by atoms with E-state index in [0.717, 1.165) is 30.5 Å². The Bertz CT molecular complexity index is 603. The third-order valence-electron chi connectivity index (χ3n) is 3.05. The Morgan fingerprint density at radius 2 is 1.74 bits per heavy atom. The van der Waals surface area contributed by atoms with Crippen molar-refractivity contribution in [3.05, 3.63) is 36.0 Å². The first kappa shape index (κ1) is 13.8. The van der Waals surface area contributed by atoms with Crippen LogP contribution in [0.15, 0.2) is 40.9 Å². The van der Waals surface area contributed by atoms with E-state index in [2.05, 4.69) is 5.32 Å². The van der Waals surface area contributed by atoms with Crippen LogP contribution in [-0.2, 0) is 14.8 Å². The van der Waals surface area contributed by atoms with Crippen molar-refractivity contribution < 1.29 is 13.2 Å². The standard InChI is InChI=1S/C13H16N2O3S/c14-19(17,18)12-7-5-11(6-8-12)15-9-10-3-1-2-4-13(10)16/h5-9,15H,1-4H2,(H2,14,17,18)/b10-9+. The van der Waals surface area contributed by atoms with Crippen LogP contribution in [0.25, 0.3) is 0 Å². The Hall–Kier alpha value is -1.66. The molecule has 1 aromatic carbocycles. The first-order valence-corrected chi connectivity index (χ1v) is 7.63. The number of primary sulfonamides is 1. The zero-order valence-electron chi connectivity index (χ0n) is 10.4. The zero-order valence-corrected chi connectivity index (χ0v) is 11.2. The quantitative estimate of drug-likeness (QED) is 0.826. The fourth-order valence-electron chi connectivity index (χ4n) is 1.96. The lowest BCUT2D eigenvalue weighted by Crippen LogP contribution is -2.12. The number of benzene rings is 1. The van der Waals surface area contributed by atoms with Gasteiger partial charge in [0.1, 0.15) is 0 Å². The van der Waals surface area contributed by atoms with Crippen LogP contribution < -0.4 is 10.5 Å². The minimum absolute atomic E-state index is 0.0689. The number of nitrogens with two attached hydrogens (primary N) is 1. The van der Waals surface area contributed by atoms with E-state index in [4.69, 9.17) is 5.14 Å². The number of rotatable bonds is 3. The lowest BCUT2D eigenvalue weighted by molar-refractivity contribution is -0.116. The fourth-order valence-corrected chi connectivity index (χ4v) is 2.48. The van der Waals surface area contributed by atoms with Gasteiger partial charge >= 0.3 is 0 Å². The second-order valence-corrected chi connectivity index (χ2v) is 6.08. The van der Waals surface area contributed by atoms with E-state index in [1.165, 1.54) is 12.1 Å². The maximum absolute atomic E-state index is 11.6. The number of sulfonamides is 1. The predicted molar refractivity (Wildman–Crippen MR) is 73.0 cm³/mol. The number of nitrogens with one attached hydrogen (secondary N) is 1. The molecule has 1 aromatic rings. The molecule has 19 heavy (non-hydrogen) atoms. The lowest BCUT2D eigenvalue weighted by atomic mass is 9.94. The average Bonchev–Trinajstić information content (AvgIpc) is 2.37. The van der Waals surface area contributed by atoms with Crippen LogP contribution in [0.2, 0.25) is 0 Å². The van der Waals surface area contributed by atoms with Gasteiger partial charge in [0.15, 0.2) is 5.78 Å². The molecule has 1 aliphatic rings. The molecule has 3 N–H and O–H groups in total. The minimum atomic E-state index is -3.66. The van der Waals surface area contributed by atoms with Gasteiger partial charge in [-0.05, 0) is 43.5 Å². The third-order valence-corrected chi connectivity index (χ3v) is 3.98. The van der Waals surface area contributed by atoms with Gasteiger partial charge in [0.25, 0.3) is 0 Å². The Morgan fingerprint density at radius 3 is 2.32 bits per heavy atom. The number of Topliss-reactive ketones (excluding diaryl/α,β-unsaturated/α-hetero) is 1. The summed E-state index contributed by atoms with van der Waals surface area (Å²) in [6.07, 6.45) is 5.09. The largest absolute Gasteiger partial charge is 0.361 e. The van der Waals surface area contributed by atoms with Gasteiger partial charge in [-0.25, -0.2) is 13.6 Å². The topological polar surface area (TPSA) is 89.3 Å². The summed E-state index contributed by atoms with van der Waals surface area (Å²) in [6.45, 7) is 0. The molecular formula is C13H16N2O3S. The maximum atomic E-state index is 11.6. The Morgan fingerprint density at radius 1 is 1.11 bits per heavy atom. The summed E-state index contributed by atoms with van der Waals surface area (Å²) >= 11 is 0. The highest BCUT2D eigenvalue weighted by atomic mass is 32.2. The number of hydrogen-bond acceptors (Lipinski definition) is 4. The molecule has 102 valence electrons. The van der Waals surface area contributed by atoms with Crippen LogP contribution in [0.4, 0.5) is 5.69 Å². The van der Waals surface area contributed by atoms with E-state index in [-0.39, 0.29) is 10.7 Å². The van der Waals surface area contributed by atoms with Crippen LogP contribution in [0.5, 0.6) is 0 Å². The van der Waals surface area contributed by atoms with Crippen LogP contribution >= 0.6 is 0 Å². The number of carbonyl (C=O) groups excluding carboxylic acids is 1. The van der Waals surface area contributed by atoms with Crippen molar-refractivity contribution in [1.29, 1.82) is 0 Å². The Labute approximate surface area is 112 Å². The monoisotopic (exact) mass is 280 g/mol. The van der Waals surface area contributed by atoms with E-state index in [0.29, 0.717) is 6.42 Å². The van der Waals surface area contributed by atoms with E-state index in [1.54, 1.807) is 18.3 Å². The molecule has 1 saturated carbocycles. The summed E-state index contributed by atoms with van der Waals surface area (Å²) in [4.78, 5) is 11.7. The Kier molecular flexibility index (Phi) is 4.01. The molecule has 0 aliphatic heterocycles. The second kappa shape index (κ2) is 5.54. The summed E-state index contributed by atoms with van der Waals surface area (Å²) in [5.74, 6) is 0.180. The van der Waals surface area contributed by atoms with E-state index in [9.17, 15) is 13.2 Å². The molecule has 0 amide bonds. The molecule has 5 nitrogen and oxygen atoms in total. The highest BCUT2D eigenvalue weighted by Gasteiger charge is 2.14. The third kappa shape index (κ3) is 3.65. The van der Waals surface area contributed by atoms with Gasteiger partial charge in [-0.3, -0.25) is 4.79 Å². The van der Waals surface area contributed by atoms with Gasteiger partial charge in [0.05, 0.1) is 4.90 Å². The molecule has 1 fully saturated rings. The van der Waals surface area contributed by atoms with Crippen molar-refractivity contribution in [1.82, 2.24) is 0 Å². The van der Waals surface area contributed by atoms with Crippen molar-refractivity contribution >= 4 is 21.5 Å². The normalized spacial score (nSPS) is 18.6. The molecule has 0 radical (unpaired) electrons. The van der Waals surface area contributed by atoms with Crippen LogP contribution in [-0.4, -0.2) is 14.2 Å². The average molecular weight is 280 g/mol. The molecule has 0 unspecified atom stereocenters. The van der Waals surface area contributed by atoms with Gasteiger partial charge in [-0.1, -0.05) is 0 Å². The highest BCUT2D eigenvalue weighted by molar-refractivity contribution is 7.89. The first-order chi connectivity index (χ1) is 8.97. The van der Waals surface area contributed by atoms with Crippen molar-refractivity contribution in [2.75, 3.05) is 5.32 Å². The molecular weight excluding hydrogens is 264 g/mol. The molecule has 0 heterocycles.